The SMILES string of the molecule is CC(C)C(=O)C(C=NC(=O)c1coc(C(=O)NCC(=O)N2CC(F)(F)C[C@H]2C#N)c1)CCCN=C(N)N(C)C. The predicted molar refractivity (Wildman–Crippen MR) is 137 cm³/mol. The number of alkyl halides is 2. The Morgan fingerprint density at radius 3 is 2.67 bits per heavy atom. The van der Waals surface area contributed by atoms with Crippen LogP contribution in [-0.4, -0.2) is 91.2 Å². The predicted octanol–water partition coefficient (Wildman–Crippen LogP) is 1.48. The van der Waals surface area contributed by atoms with Gasteiger partial charge in [0.2, 0.25) is 5.91 Å². The Morgan fingerprint density at radius 2 is 2.05 bits per heavy atom. The number of likely N-dealkylation sites (tertiary alicyclic amines) is 1. The van der Waals surface area contributed by atoms with E-state index in [4.69, 9.17) is 15.4 Å². The number of amides is 3. The number of Topliss-reactive ketones (excluding diaryl/α,β-unsaturated/α-hetero) is 1. The zero-order chi connectivity index (χ0) is 29.3. The summed E-state index contributed by atoms with van der Waals surface area (Å²) in [6, 6.07) is 1.47. The van der Waals surface area contributed by atoms with Crippen LogP contribution in [0.25, 0.3) is 0 Å². The molecule has 12 nitrogen and oxygen atoms in total. The standard InChI is InChI=1S/C25H33F2N7O5/c1-15(2)21(36)16(6-5-7-30-24(29)33(3)4)11-31-22(37)17-8-19(39-13-17)23(38)32-12-20(35)34-14-25(26,27)9-18(34)10-28/h8,11,13,15-16,18H,5-7,9,12,14H2,1-4H3,(H2,29,30)(H,32,38)/t16?,18-/m0/s1. The number of hydrogen-bond acceptors (Lipinski definition) is 7. The van der Waals surface area contributed by atoms with E-state index in [1.807, 2.05) is 0 Å². The highest BCUT2D eigenvalue weighted by Crippen LogP contribution is 2.31. The maximum absolute atomic E-state index is 13.5. The highest BCUT2D eigenvalue weighted by atomic mass is 19.3. The summed E-state index contributed by atoms with van der Waals surface area (Å²) in [5.41, 5.74) is 5.69. The normalized spacial score (nSPS) is 17.7. The number of hydrogen-bond donors (Lipinski definition) is 2. The highest BCUT2D eigenvalue weighted by Gasteiger charge is 2.47. The fourth-order valence-electron chi connectivity index (χ4n) is 3.70. The Labute approximate surface area is 224 Å². The van der Waals surface area contributed by atoms with Crippen molar-refractivity contribution in [1.29, 1.82) is 5.26 Å². The molecular weight excluding hydrogens is 516 g/mol. The Morgan fingerprint density at radius 1 is 1.36 bits per heavy atom. The molecule has 0 spiro atoms. The van der Waals surface area contributed by atoms with Crippen LogP contribution in [-0.2, 0) is 9.59 Å². The van der Waals surface area contributed by atoms with E-state index >= 15 is 0 Å². The third kappa shape index (κ3) is 8.98. The molecule has 2 heterocycles. The molecule has 3 amide bonds. The molecule has 1 aromatic heterocycles. The Bertz CT molecular complexity index is 1170. The number of furan rings is 1. The van der Waals surface area contributed by atoms with Crippen molar-refractivity contribution < 1.29 is 32.4 Å². The van der Waals surface area contributed by atoms with E-state index in [9.17, 15) is 28.0 Å². The number of nitrogens with zero attached hydrogens (tertiary/aromatic N) is 5. The second-order valence-electron chi connectivity index (χ2n) is 9.63. The number of nitrogens with two attached hydrogens (primary N) is 1. The monoisotopic (exact) mass is 549 g/mol. The summed E-state index contributed by atoms with van der Waals surface area (Å²) in [5.74, 6) is -6.59. The first-order valence-electron chi connectivity index (χ1n) is 12.3. The number of halogens is 2. The summed E-state index contributed by atoms with van der Waals surface area (Å²) in [4.78, 5) is 60.1. The Balaban J connectivity index is 1.97. The number of aliphatic imine (C=N–C) groups is 2. The van der Waals surface area contributed by atoms with E-state index in [1.165, 1.54) is 6.21 Å². The summed E-state index contributed by atoms with van der Waals surface area (Å²) in [7, 11) is 3.52. The molecule has 0 aliphatic carbocycles. The van der Waals surface area contributed by atoms with Crippen molar-refractivity contribution in [2.45, 2.75) is 45.1 Å². The van der Waals surface area contributed by atoms with Crippen LogP contribution < -0.4 is 11.1 Å². The van der Waals surface area contributed by atoms with Gasteiger partial charge in [-0.3, -0.25) is 24.2 Å². The van der Waals surface area contributed by atoms with Gasteiger partial charge in [-0.15, -0.1) is 0 Å². The molecule has 3 N–H and O–H groups in total. The van der Waals surface area contributed by atoms with Gasteiger partial charge in [-0.2, -0.15) is 5.26 Å². The summed E-state index contributed by atoms with van der Waals surface area (Å²) in [6.45, 7) is 2.34. The van der Waals surface area contributed by atoms with Gasteiger partial charge in [-0.05, 0) is 12.8 Å². The van der Waals surface area contributed by atoms with Crippen LogP contribution in [0.3, 0.4) is 0 Å². The number of ketones is 1. The van der Waals surface area contributed by atoms with E-state index in [2.05, 4.69) is 15.3 Å². The lowest BCUT2D eigenvalue weighted by atomic mass is 9.92. The third-order valence-corrected chi connectivity index (χ3v) is 5.92. The van der Waals surface area contributed by atoms with Crippen molar-refractivity contribution in [3.05, 3.63) is 23.7 Å². The lowest BCUT2D eigenvalue weighted by Crippen LogP contribution is -2.42. The molecule has 1 aliphatic heterocycles. The molecule has 0 aromatic carbocycles. The molecule has 1 saturated heterocycles. The molecule has 1 aliphatic rings. The van der Waals surface area contributed by atoms with Crippen LogP contribution in [0.4, 0.5) is 8.78 Å². The molecule has 0 saturated carbocycles. The van der Waals surface area contributed by atoms with Crippen molar-refractivity contribution >= 4 is 35.7 Å². The molecule has 2 atom stereocenters. The number of guanidine groups is 1. The molecule has 212 valence electrons. The summed E-state index contributed by atoms with van der Waals surface area (Å²) < 4.78 is 32.2. The molecule has 0 radical (unpaired) electrons. The molecule has 1 fully saturated rings. The van der Waals surface area contributed by atoms with Crippen LogP contribution in [0.5, 0.6) is 0 Å². The van der Waals surface area contributed by atoms with Crippen molar-refractivity contribution in [2.75, 3.05) is 33.7 Å². The maximum atomic E-state index is 13.5. The van der Waals surface area contributed by atoms with Crippen LogP contribution in [0, 0.1) is 23.2 Å². The molecular formula is C25H33F2N7O5. The molecule has 2 rings (SSSR count). The maximum Gasteiger partial charge on any atom is 0.287 e. The van der Waals surface area contributed by atoms with Crippen LogP contribution in [0.1, 0.15) is 54.0 Å². The van der Waals surface area contributed by atoms with E-state index < -0.39 is 55.1 Å². The Hall–Kier alpha value is -4.15. The number of nitrogens with one attached hydrogen (secondary N) is 1. The van der Waals surface area contributed by atoms with Gasteiger partial charge in [0.25, 0.3) is 17.7 Å². The van der Waals surface area contributed by atoms with Crippen molar-refractivity contribution in [1.82, 2.24) is 15.1 Å². The quantitative estimate of drug-likeness (QED) is 0.237. The molecule has 1 unspecified atom stereocenters. The average molecular weight is 550 g/mol. The number of carbonyl (C=O) groups is 4. The Kier molecular flexibility index (Phi) is 10.8. The van der Waals surface area contributed by atoms with Crippen molar-refractivity contribution in [3.63, 3.8) is 0 Å². The van der Waals surface area contributed by atoms with Gasteiger partial charge in [0.15, 0.2) is 11.7 Å². The molecule has 0 bridgehead atoms. The smallest absolute Gasteiger partial charge is 0.287 e. The fraction of sp³-hybridized carbons (Fsp3) is 0.560. The van der Waals surface area contributed by atoms with Gasteiger partial charge < -0.3 is 25.3 Å². The summed E-state index contributed by atoms with van der Waals surface area (Å²) >= 11 is 0. The zero-order valence-corrected chi connectivity index (χ0v) is 22.3. The minimum atomic E-state index is -3.18. The van der Waals surface area contributed by atoms with Gasteiger partial charge in [0.1, 0.15) is 18.1 Å². The second-order valence-corrected chi connectivity index (χ2v) is 9.63. The van der Waals surface area contributed by atoms with E-state index in [1.54, 1.807) is 38.9 Å². The van der Waals surface area contributed by atoms with Crippen molar-refractivity contribution in [2.24, 2.45) is 27.6 Å². The molecule has 1 aromatic rings. The van der Waals surface area contributed by atoms with E-state index in [0.717, 1.165) is 12.3 Å². The third-order valence-electron chi connectivity index (χ3n) is 5.92. The zero-order valence-electron chi connectivity index (χ0n) is 22.3. The number of nitriles is 1. The minimum absolute atomic E-state index is 0.0643. The lowest BCUT2D eigenvalue weighted by molar-refractivity contribution is -0.131. The molecule has 39 heavy (non-hydrogen) atoms. The molecule has 14 heteroatoms. The largest absolute Gasteiger partial charge is 0.458 e. The van der Waals surface area contributed by atoms with Crippen molar-refractivity contribution in [3.8, 4) is 6.07 Å². The fourth-order valence-corrected chi connectivity index (χ4v) is 3.70. The first-order chi connectivity index (χ1) is 18.3. The topological polar surface area (TPSA) is 174 Å². The van der Waals surface area contributed by atoms with Crippen LogP contribution >= 0.6 is 0 Å². The van der Waals surface area contributed by atoms with E-state index in [0.29, 0.717) is 30.2 Å². The summed E-state index contributed by atoms with van der Waals surface area (Å²) in [6.07, 6.45) is 2.45. The van der Waals surface area contributed by atoms with Crippen LogP contribution in [0.2, 0.25) is 0 Å². The van der Waals surface area contributed by atoms with Gasteiger partial charge in [0.05, 0.1) is 30.6 Å². The summed E-state index contributed by atoms with van der Waals surface area (Å²) in [5, 5.41) is 11.2. The van der Waals surface area contributed by atoms with Crippen LogP contribution in [0.15, 0.2) is 26.7 Å². The first kappa shape index (κ1) is 31.1. The number of rotatable bonds is 11. The minimum Gasteiger partial charge on any atom is -0.458 e. The highest BCUT2D eigenvalue weighted by molar-refractivity contribution is 6.05. The lowest BCUT2D eigenvalue weighted by Gasteiger charge is -2.19. The van der Waals surface area contributed by atoms with Gasteiger partial charge in [-0.25, -0.2) is 13.8 Å². The first-order valence-corrected chi connectivity index (χ1v) is 12.3. The number of carbonyl (C=O) groups excluding carboxylic acids is 4. The second kappa shape index (κ2) is 13.6. The van der Waals surface area contributed by atoms with Gasteiger partial charge in [-0.1, -0.05) is 13.8 Å². The average Bonchev–Trinajstić information content (AvgIpc) is 3.50. The van der Waals surface area contributed by atoms with Gasteiger partial charge in [0, 0.05) is 45.3 Å². The van der Waals surface area contributed by atoms with Gasteiger partial charge >= 0.3 is 0 Å². The van der Waals surface area contributed by atoms with E-state index in [-0.39, 0.29) is 23.0 Å².